The number of hydrogen-bond donors (Lipinski definition) is 2. The SMILES string of the molecule is O=C(O)C[C@@H](O)CC12CC3CC(CC(C3)C1)C2. The van der Waals surface area contributed by atoms with E-state index in [0.717, 1.165) is 24.2 Å². The predicted molar refractivity (Wildman–Crippen MR) is 63.5 cm³/mol. The third-order valence-electron chi connectivity index (χ3n) is 5.24. The lowest BCUT2D eigenvalue weighted by Gasteiger charge is -2.57. The average molecular weight is 238 g/mol. The molecule has 1 atom stereocenters. The summed E-state index contributed by atoms with van der Waals surface area (Å²) in [6.07, 6.45) is 7.94. The van der Waals surface area contributed by atoms with Gasteiger partial charge in [0.25, 0.3) is 0 Å². The van der Waals surface area contributed by atoms with Gasteiger partial charge >= 0.3 is 5.97 Å². The van der Waals surface area contributed by atoms with Crippen LogP contribution < -0.4 is 0 Å². The van der Waals surface area contributed by atoms with Crippen LogP contribution in [-0.4, -0.2) is 22.3 Å². The molecule has 0 saturated heterocycles. The minimum absolute atomic E-state index is 0.0816. The fourth-order valence-corrected chi connectivity index (χ4v) is 5.31. The van der Waals surface area contributed by atoms with Crippen molar-refractivity contribution < 1.29 is 15.0 Å². The Morgan fingerprint density at radius 2 is 1.59 bits per heavy atom. The number of hydrogen-bond acceptors (Lipinski definition) is 2. The smallest absolute Gasteiger partial charge is 0.305 e. The highest BCUT2D eigenvalue weighted by molar-refractivity contribution is 5.67. The van der Waals surface area contributed by atoms with Crippen LogP contribution in [0.3, 0.4) is 0 Å². The van der Waals surface area contributed by atoms with E-state index in [1.54, 1.807) is 0 Å². The predicted octanol–water partition coefficient (Wildman–Crippen LogP) is 2.43. The maximum absolute atomic E-state index is 10.6. The fraction of sp³-hybridized carbons (Fsp3) is 0.929. The maximum Gasteiger partial charge on any atom is 0.305 e. The molecule has 17 heavy (non-hydrogen) atoms. The summed E-state index contributed by atoms with van der Waals surface area (Å²) >= 11 is 0. The van der Waals surface area contributed by atoms with Crippen LogP contribution in [0, 0.1) is 23.2 Å². The van der Waals surface area contributed by atoms with Crippen LogP contribution in [0.15, 0.2) is 0 Å². The molecule has 3 heteroatoms. The van der Waals surface area contributed by atoms with Crippen LogP contribution in [0.2, 0.25) is 0 Å². The summed E-state index contributed by atoms with van der Waals surface area (Å²) in [5, 5.41) is 18.6. The Kier molecular flexibility index (Phi) is 2.69. The number of carboxylic acids is 1. The Labute approximate surface area is 102 Å². The summed E-state index contributed by atoms with van der Waals surface area (Å²) in [7, 11) is 0. The highest BCUT2D eigenvalue weighted by Gasteiger charge is 2.51. The summed E-state index contributed by atoms with van der Waals surface area (Å²) in [5.41, 5.74) is 0.295. The molecule has 0 radical (unpaired) electrons. The fourth-order valence-electron chi connectivity index (χ4n) is 5.31. The van der Waals surface area contributed by atoms with Crippen molar-refractivity contribution in [2.45, 2.75) is 57.5 Å². The molecule has 4 bridgehead atoms. The molecule has 4 saturated carbocycles. The van der Waals surface area contributed by atoms with Crippen LogP contribution in [0.5, 0.6) is 0 Å². The van der Waals surface area contributed by atoms with Gasteiger partial charge < -0.3 is 10.2 Å². The van der Waals surface area contributed by atoms with Gasteiger partial charge in [0.05, 0.1) is 12.5 Å². The van der Waals surface area contributed by atoms with E-state index in [4.69, 9.17) is 5.11 Å². The summed E-state index contributed by atoms with van der Waals surface area (Å²) in [6.45, 7) is 0. The van der Waals surface area contributed by atoms with E-state index in [1.807, 2.05) is 0 Å². The van der Waals surface area contributed by atoms with E-state index < -0.39 is 12.1 Å². The molecule has 0 aromatic rings. The van der Waals surface area contributed by atoms with Crippen molar-refractivity contribution in [3.63, 3.8) is 0 Å². The lowest BCUT2D eigenvalue weighted by Crippen LogP contribution is -2.47. The monoisotopic (exact) mass is 238 g/mol. The standard InChI is InChI=1S/C14H22O3/c15-12(4-13(16)17)8-14-5-9-1-10(6-14)3-11(2-9)7-14/h9-12,15H,1-8H2,(H,16,17)/t9?,10?,11?,12-,14?/m1/s1. The Morgan fingerprint density at radius 3 is 2.00 bits per heavy atom. The second kappa shape index (κ2) is 3.98. The number of rotatable bonds is 4. The molecule has 4 fully saturated rings. The third-order valence-corrected chi connectivity index (χ3v) is 5.24. The first-order valence-electron chi connectivity index (χ1n) is 6.94. The third kappa shape index (κ3) is 2.22. The highest BCUT2D eigenvalue weighted by atomic mass is 16.4. The molecule has 0 heterocycles. The van der Waals surface area contributed by atoms with Gasteiger partial charge in [-0.25, -0.2) is 0 Å². The Bertz CT molecular complexity index is 288. The first-order chi connectivity index (χ1) is 8.05. The van der Waals surface area contributed by atoms with Gasteiger partial charge in [0.1, 0.15) is 0 Å². The molecule has 0 aromatic heterocycles. The average Bonchev–Trinajstić information content (AvgIpc) is 2.11. The van der Waals surface area contributed by atoms with Crippen molar-refractivity contribution in [1.29, 1.82) is 0 Å². The van der Waals surface area contributed by atoms with Crippen LogP contribution in [0.4, 0.5) is 0 Å². The van der Waals surface area contributed by atoms with E-state index in [-0.39, 0.29) is 6.42 Å². The van der Waals surface area contributed by atoms with Gasteiger partial charge in [-0.15, -0.1) is 0 Å². The summed E-state index contributed by atoms with van der Waals surface area (Å²) in [6, 6.07) is 0. The largest absolute Gasteiger partial charge is 0.481 e. The van der Waals surface area contributed by atoms with Gasteiger partial charge in [0.15, 0.2) is 0 Å². The van der Waals surface area contributed by atoms with Gasteiger partial charge in [0, 0.05) is 0 Å². The zero-order valence-electron chi connectivity index (χ0n) is 10.3. The van der Waals surface area contributed by atoms with E-state index in [2.05, 4.69) is 0 Å². The molecule has 2 N–H and O–H groups in total. The number of carboxylic acid groups (broad SMARTS) is 1. The molecule has 0 amide bonds. The van der Waals surface area contributed by atoms with E-state index in [0.29, 0.717) is 5.41 Å². The molecule has 0 aromatic carbocycles. The summed E-state index contributed by atoms with van der Waals surface area (Å²) in [4.78, 5) is 10.6. The molecular weight excluding hydrogens is 216 g/mol. The summed E-state index contributed by atoms with van der Waals surface area (Å²) < 4.78 is 0. The quantitative estimate of drug-likeness (QED) is 0.791. The zero-order valence-corrected chi connectivity index (χ0v) is 10.3. The number of aliphatic carboxylic acids is 1. The van der Waals surface area contributed by atoms with Gasteiger partial charge in [-0.2, -0.15) is 0 Å². The van der Waals surface area contributed by atoms with Crippen molar-refractivity contribution >= 4 is 5.97 Å². The second-order valence-corrected chi connectivity index (χ2v) is 6.87. The van der Waals surface area contributed by atoms with Gasteiger partial charge in [-0.05, 0) is 68.1 Å². The molecule has 3 nitrogen and oxygen atoms in total. The number of aliphatic hydroxyl groups excluding tert-OH is 1. The molecule has 96 valence electrons. The molecule has 0 spiro atoms. The van der Waals surface area contributed by atoms with Gasteiger partial charge in [-0.3, -0.25) is 4.79 Å². The van der Waals surface area contributed by atoms with Crippen LogP contribution in [-0.2, 0) is 4.79 Å². The molecule has 0 aliphatic heterocycles. The van der Waals surface area contributed by atoms with Crippen LogP contribution >= 0.6 is 0 Å². The number of carbonyl (C=O) groups is 1. The van der Waals surface area contributed by atoms with E-state index >= 15 is 0 Å². The van der Waals surface area contributed by atoms with Crippen molar-refractivity contribution in [3.05, 3.63) is 0 Å². The minimum Gasteiger partial charge on any atom is -0.481 e. The normalized spacial score (nSPS) is 44.9. The van der Waals surface area contributed by atoms with Crippen molar-refractivity contribution in [2.24, 2.45) is 23.2 Å². The Morgan fingerprint density at radius 1 is 1.12 bits per heavy atom. The second-order valence-electron chi connectivity index (χ2n) is 6.87. The van der Waals surface area contributed by atoms with Crippen molar-refractivity contribution in [1.82, 2.24) is 0 Å². The molecule has 4 aliphatic carbocycles. The van der Waals surface area contributed by atoms with Crippen molar-refractivity contribution in [2.75, 3.05) is 0 Å². The van der Waals surface area contributed by atoms with Gasteiger partial charge in [-0.1, -0.05) is 0 Å². The van der Waals surface area contributed by atoms with E-state index in [9.17, 15) is 9.90 Å². The Balaban J connectivity index is 1.67. The molecule has 4 aliphatic rings. The number of aliphatic hydroxyl groups is 1. The molecule has 4 rings (SSSR count). The topological polar surface area (TPSA) is 57.5 Å². The zero-order chi connectivity index (χ0) is 12.0. The maximum atomic E-state index is 10.6. The Hall–Kier alpha value is -0.570. The van der Waals surface area contributed by atoms with E-state index in [1.165, 1.54) is 38.5 Å². The first-order valence-corrected chi connectivity index (χ1v) is 6.94. The van der Waals surface area contributed by atoms with Crippen molar-refractivity contribution in [3.8, 4) is 0 Å². The highest BCUT2D eigenvalue weighted by Crippen LogP contribution is 2.61. The lowest BCUT2D eigenvalue weighted by atomic mass is 9.48. The lowest BCUT2D eigenvalue weighted by molar-refractivity contribution is -0.140. The first kappa shape index (κ1) is 11.5. The van der Waals surface area contributed by atoms with Crippen LogP contribution in [0.25, 0.3) is 0 Å². The molecular formula is C14H22O3. The van der Waals surface area contributed by atoms with Crippen LogP contribution in [0.1, 0.15) is 51.4 Å². The minimum atomic E-state index is -0.873. The summed E-state index contributed by atoms with van der Waals surface area (Å²) in [5.74, 6) is 1.75. The molecule has 0 unspecified atom stereocenters. The van der Waals surface area contributed by atoms with Gasteiger partial charge in [0.2, 0.25) is 0 Å².